The highest BCUT2D eigenvalue weighted by Crippen LogP contribution is 2.14. The minimum Gasteiger partial charge on any atom is -0.488 e. The second kappa shape index (κ2) is 7.94. The molecule has 22 heavy (non-hydrogen) atoms. The average Bonchev–Trinajstić information content (AvgIpc) is 2.54. The molecule has 2 rings (SSSR count). The number of rotatable bonds is 7. The first-order chi connectivity index (χ1) is 10.6. The van der Waals surface area contributed by atoms with Crippen LogP contribution in [0.15, 0.2) is 48.8 Å². The maximum atomic E-state index is 10.2. The molecule has 0 amide bonds. The van der Waals surface area contributed by atoms with Crippen molar-refractivity contribution in [3.63, 3.8) is 0 Å². The lowest BCUT2D eigenvalue weighted by molar-refractivity contribution is 0.0420. The number of hydrogen-bond acceptors (Lipinski definition) is 5. The predicted octanol–water partition coefficient (Wildman–Crippen LogP) is 0.522. The van der Waals surface area contributed by atoms with Crippen molar-refractivity contribution in [1.29, 1.82) is 0 Å². The highest BCUT2D eigenvalue weighted by molar-refractivity contribution is 6.58. The van der Waals surface area contributed by atoms with Crippen LogP contribution in [0, 0.1) is 0 Å². The number of benzene rings is 1. The summed E-state index contributed by atoms with van der Waals surface area (Å²) in [6.45, 7) is 1.81. The van der Waals surface area contributed by atoms with Crippen LogP contribution in [0.2, 0.25) is 0 Å². The van der Waals surface area contributed by atoms with Crippen LogP contribution in [-0.2, 0) is 6.42 Å². The zero-order valence-electron chi connectivity index (χ0n) is 12.5. The average molecular weight is 301 g/mol. The fourth-order valence-electron chi connectivity index (χ4n) is 2.11. The SMILES string of the molecule is C[C@H](Oc1ccc(B(O)O)cc1)[C@H](O)CCc1cccnc1. The van der Waals surface area contributed by atoms with Gasteiger partial charge in [-0.25, -0.2) is 0 Å². The molecule has 0 unspecified atom stereocenters. The molecule has 5 nitrogen and oxygen atoms in total. The number of aromatic nitrogens is 1. The normalized spacial score (nSPS) is 13.5. The van der Waals surface area contributed by atoms with E-state index in [0.717, 1.165) is 12.0 Å². The van der Waals surface area contributed by atoms with Gasteiger partial charge in [0.25, 0.3) is 0 Å². The van der Waals surface area contributed by atoms with Crippen LogP contribution < -0.4 is 10.2 Å². The molecule has 1 aromatic carbocycles. The number of aliphatic hydroxyl groups is 1. The van der Waals surface area contributed by atoms with Gasteiger partial charge in [0.15, 0.2) is 0 Å². The Kier molecular flexibility index (Phi) is 5.95. The van der Waals surface area contributed by atoms with Gasteiger partial charge in [0, 0.05) is 12.4 Å². The van der Waals surface area contributed by atoms with E-state index >= 15 is 0 Å². The van der Waals surface area contributed by atoms with E-state index in [9.17, 15) is 5.11 Å². The van der Waals surface area contributed by atoms with Crippen LogP contribution >= 0.6 is 0 Å². The summed E-state index contributed by atoms with van der Waals surface area (Å²) in [6.07, 6.45) is 3.87. The Hall–Kier alpha value is -1.89. The van der Waals surface area contributed by atoms with Crippen LogP contribution in [0.1, 0.15) is 18.9 Å². The number of nitrogens with zero attached hydrogens (tertiary/aromatic N) is 1. The Morgan fingerprint density at radius 3 is 2.50 bits per heavy atom. The number of aryl methyl sites for hydroxylation is 1. The fraction of sp³-hybridized carbons (Fsp3) is 0.312. The van der Waals surface area contributed by atoms with Gasteiger partial charge < -0.3 is 19.9 Å². The summed E-state index contributed by atoms with van der Waals surface area (Å²) >= 11 is 0. The minimum absolute atomic E-state index is 0.360. The van der Waals surface area contributed by atoms with Gasteiger partial charge in [0.2, 0.25) is 0 Å². The lowest BCUT2D eigenvalue weighted by atomic mass is 9.80. The largest absolute Gasteiger partial charge is 0.488 e. The highest BCUT2D eigenvalue weighted by Gasteiger charge is 2.16. The van der Waals surface area contributed by atoms with Gasteiger partial charge in [-0.05, 0) is 49.0 Å². The molecule has 0 aliphatic rings. The Labute approximate surface area is 130 Å². The zero-order chi connectivity index (χ0) is 15.9. The first kappa shape index (κ1) is 16.5. The molecule has 116 valence electrons. The Morgan fingerprint density at radius 2 is 1.91 bits per heavy atom. The van der Waals surface area contributed by atoms with Gasteiger partial charge in [-0.15, -0.1) is 0 Å². The van der Waals surface area contributed by atoms with E-state index in [1.54, 1.807) is 36.7 Å². The summed E-state index contributed by atoms with van der Waals surface area (Å²) in [5.41, 5.74) is 1.48. The zero-order valence-corrected chi connectivity index (χ0v) is 12.5. The molecular weight excluding hydrogens is 281 g/mol. The first-order valence-corrected chi connectivity index (χ1v) is 7.26. The van der Waals surface area contributed by atoms with Gasteiger partial charge in [0.05, 0.1) is 6.10 Å². The van der Waals surface area contributed by atoms with Crippen molar-refractivity contribution < 1.29 is 19.9 Å². The third-order valence-corrected chi connectivity index (χ3v) is 3.49. The molecule has 0 bridgehead atoms. The van der Waals surface area contributed by atoms with E-state index < -0.39 is 13.2 Å². The molecule has 6 heteroatoms. The summed E-state index contributed by atoms with van der Waals surface area (Å²) in [4.78, 5) is 4.04. The van der Waals surface area contributed by atoms with E-state index in [0.29, 0.717) is 17.6 Å². The maximum Gasteiger partial charge on any atom is 0.488 e. The maximum absolute atomic E-state index is 10.2. The third kappa shape index (κ3) is 4.84. The van der Waals surface area contributed by atoms with Gasteiger partial charge in [-0.1, -0.05) is 18.2 Å². The number of aliphatic hydroxyl groups excluding tert-OH is 1. The lowest BCUT2D eigenvalue weighted by Gasteiger charge is -2.20. The van der Waals surface area contributed by atoms with Crippen molar-refractivity contribution in [2.24, 2.45) is 0 Å². The van der Waals surface area contributed by atoms with Crippen molar-refractivity contribution in [2.45, 2.75) is 32.0 Å². The summed E-state index contributed by atoms with van der Waals surface area (Å²) in [7, 11) is -1.49. The van der Waals surface area contributed by atoms with E-state index in [2.05, 4.69) is 4.98 Å². The molecule has 1 aromatic heterocycles. The molecule has 0 fully saturated rings. The van der Waals surface area contributed by atoms with E-state index in [4.69, 9.17) is 14.8 Å². The number of ether oxygens (including phenoxy) is 1. The standard InChI is InChI=1S/C16H20BNO4/c1-12(16(19)9-4-13-3-2-10-18-11-13)22-15-7-5-14(6-8-15)17(20)21/h2-3,5-8,10-12,16,19-21H,4,9H2,1H3/t12-,16+/m0/s1. The summed E-state index contributed by atoms with van der Waals surface area (Å²) < 4.78 is 5.67. The van der Waals surface area contributed by atoms with Crippen molar-refractivity contribution in [1.82, 2.24) is 4.98 Å². The second-order valence-corrected chi connectivity index (χ2v) is 5.23. The van der Waals surface area contributed by atoms with Crippen LogP contribution in [0.3, 0.4) is 0 Å². The molecule has 2 aromatic rings. The van der Waals surface area contributed by atoms with Crippen molar-refractivity contribution in [3.05, 3.63) is 54.4 Å². The van der Waals surface area contributed by atoms with Crippen LogP contribution in [0.25, 0.3) is 0 Å². The third-order valence-electron chi connectivity index (χ3n) is 3.49. The van der Waals surface area contributed by atoms with E-state index in [1.807, 2.05) is 19.1 Å². The van der Waals surface area contributed by atoms with Crippen molar-refractivity contribution in [3.8, 4) is 5.75 Å². The van der Waals surface area contributed by atoms with E-state index in [1.165, 1.54) is 0 Å². The van der Waals surface area contributed by atoms with Crippen LogP contribution in [0.5, 0.6) is 5.75 Å². The lowest BCUT2D eigenvalue weighted by Crippen LogP contribution is -2.31. The molecule has 1 heterocycles. The first-order valence-electron chi connectivity index (χ1n) is 7.26. The molecule has 0 aliphatic heterocycles. The predicted molar refractivity (Wildman–Crippen MR) is 84.9 cm³/mol. The molecule has 2 atom stereocenters. The smallest absolute Gasteiger partial charge is 0.488 e. The Bertz CT molecular complexity index is 562. The van der Waals surface area contributed by atoms with Gasteiger partial charge in [-0.2, -0.15) is 0 Å². The molecule has 0 aliphatic carbocycles. The Morgan fingerprint density at radius 1 is 1.18 bits per heavy atom. The topological polar surface area (TPSA) is 82.8 Å². The van der Waals surface area contributed by atoms with Crippen molar-refractivity contribution >= 4 is 12.6 Å². The summed E-state index contributed by atoms with van der Waals surface area (Å²) in [6, 6.07) is 10.3. The van der Waals surface area contributed by atoms with Gasteiger partial charge in [0.1, 0.15) is 11.9 Å². The van der Waals surface area contributed by atoms with Gasteiger partial charge in [-0.3, -0.25) is 4.98 Å². The fourth-order valence-corrected chi connectivity index (χ4v) is 2.11. The minimum atomic E-state index is -1.49. The monoisotopic (exact) mass is 301 g/mol. The summed E-state index contributed by atoms with van der Waals surface area (Å²) in [5.74, 6) is 0.581. The van der Waals surface area contributed by atoms with E-state index in [-0.39, 0.29) is 6.10 Å². The summed E-state index contributed by atoms with van der Waals surface area (Å²) in [5, 5.41) is 28.2. The van der Waals surface area contributed by atoms with Crippen molar-refractivity contribution in [2.75, 3.05) is 0 Å². The number of pyridine rings is 1. The van der Waals surface area contributed by atoms with Gasteiger partial charge >= 0.3 is 7.12 Å². The molecule has 3 N–H and O–H groups in total. The molecule has 0 saturated carbocycles. The van der Waals surface area contributed by atoms with Crippen LogP contribution in [0.4, 0.5) is 0 Å². The molecular formula is C16H20BNO4. The number of hydrogen-bond donors (Lipinski definition) is 3. The molecule has 0 spiro atoms. The highest BCUT2D eigenvalue weighted by atomic mass is 16.5. The van der Waals surface area contributed by atoms with Crippen LogP contribution in [-0.4, -0.2) is 39.5 Å². The molecule has 0 saturated heterocycles. The molecule has 0 radical (unpaired) electrons. The Balaban J connectivity index is 1.84. The second-order valence-electron chi connectivity index (χ2n) is 5.23. The quantitative estimate of drug-likeness (QED) is 0.650.